The number of rotatable bonds is 40. The third-order valence-electron chi connectivity index (χ3n) is 8.94. The van der Waals surface area contributed by atoms with Gasteiger partial charge in [0.15, 0.2) is 6.10 Å². The molecule has 0 aromatic heterocycles. The standard InChI is InChI=1S/C43H78NO10P/c1-3-5-7-8-9-10-11-12-13-14-17-20-23-26-30-34-42(45)50-38-41(39-52-55(48,49)51-37-36-44)53-43(46)35-31-27-24-21-18-15-16-19-22-25-29-33-40(54-47)32-28-6-4-2/h15-16,21-22,24-25,29,33,40-41,47H,3-14,17-20,23,26-28,30-32,34-39,44H2,1-2H3,(H,48,49). The smallest absolute Gasteiger partial charge is 0.462 e. The first-order chi connectivity index (χ1) is 26.8. The Balaban J connectivity index is 4.34. The molecule has 4 N–H and O–H groups in total. The van der Waals surface area contributed by atoms with Crippen molar-refractivity contribution < 1.29 is 47.7 Å². The second kappa shape index (κ2) is 40.1. The molecule has 0 saturated carbocycles. The number of nitrogens with two attached hydrogens (primary N) is 1. The maximum atomic E-state index is 12.6. The van der Waals surface area contributed by atoms with E-state index in [1.54, 1.807) is 0 Å². The van der Waals surface area contributed by atoms with Gasteiger partial charge < -0.3 is 20.1 Å². The molecular weight excluding hydrogens is 721 g/mol. The predicted molar refractivity (Wildman–Crippen MR) is 222 cm³/mol. The number of carbonyl (C=O) groups is 2. The van der Waals surface area contributed by atoms with E-state index in [9.17, 15) is 19.0 Å². The number of carbonyl (C=O) groups excluding carboxylic acids is 2. The van der Waals surface area contributed by atoms with Crippen LogP contribution in [-0.2, 0) is 37.6 Å². The van der Waals surface area contributed by atoms with Crippen LogP contribution in [0.3, 0.4) is 0 Å². The van der Waals surface area contributed by atoms with Gasteiger partial charge in [-0.15, -0.1) is 0 Å². The highest BCUT2D eigenvalue weighted by Crippen LogP contribution is 2.43. The van der Waals surface area contributed by atoms with Crippen molar-refractivity contribution in [2.45, 2.75) is 187 Å². The number of esters is 2. The average molecular weight is 800 g/mol. The summed E-state index contributed by atoms with van der Waals surface area (Å²) in [5, 5.41) is 8.99. The summed E-state index contributed by atoms with van der Waals surface area (Å²) in [5.74, 6) is -0.927. The minimum Gasteiger partial charge on any atom is -0.462 e. The van der Waals surface area contributed by atoms with Crippen molar-refractivity contribution in [2.75, 3.05) is 26.4 Å². The molecule has 0 fully saturated rings. The predicted octanol–water partition coefficient (Wildman–Crippen LogP) is 11.4. The van der Waals surface area contributed by atoms with E-state index in [1.165, 1.54) is 77.0 Å². The summed E-state index contributed by atoms with van der Waals surface area (Å²) in [6.07, 6.45) is 40.3. The topological polar surface area (TPSA) is 164 Å². The Labute approximate surface area is 334 Å². The van der Waals surface area contributed by atoms with Crippen molar-refractivity contribution in [3.8, 4) is 0 Å². The molecule has 320 valence electrons. The minimum absolute atomic E-state index is 0.0338. The highest BCUT2D eigenvalue weighted by Gasteiger charge is 2.26. The molecule has 55 heavy (non-hydrogen) atoms. The van der Waals surface area contributed by atoms with Crippen molar-refractivity contribution in [3.63, 3.8) is 0 Å². The van der Waals surface area contributed by atoms with Crippen LogP contribution in [0, 0.1) is 0 Å². The molecular formula is C43H78NO10P. The zero-order valence-corrected chi connectivity index (χ0v) is 35.4. The summed E-state index contributed by atoms with van der Waals surface area (Å²) in [6, 6.07) is 0. The fourth-order valence-electron chi connectivity index (χ4n) is 5.70. The van der Waals surface area contributed by atoms with E-state index in [4.69, 9.17) is 29.5 Å². The maximum absolute atomic E-state index is 12.6. The molecule has 0 saturated heterocycles. The molecule has 0 heterocycles. The van der Waals surface area contributed by atoms with Crippen LogP contribution in [-0.4, -0.2) is 60.7 Å². The van der Waals surface area contributed by atoms with Gasteiger partial charge in [-0.3, -0.25) is 23.9 Å². The summed E-state index contributed by atoms with van der Waals surface area (Å²) in [5.41, 5.74) is 5.34. The lowest BCUT2D eigenvalue weighted by molar-refractivity contribution is -0.267. The van der Waals surface area contributed by atoms with Crippen LogP contribution >= 0.6 is 7.82 Å². The Bertz CT molecular complexity index is 1060. The van der Waals surface area contributed by atoms with Crippen molar-refractivity contribution in [3.05, 3.63) is 48.6 Å². The highest BCUT2D eigenvalue weighted by atomic mass is 31.2. The molecule has 12 heteroatoms. The van der Waals surface area contributed by atoms with Gasteiger partial charge in [-0.1, -0.05) is 172 Å². The number of hydrogen-bond donors (Lipinski definition) is 3. The first-order valence-corrected chi connectivity index (χ1v) is 22.9. The van der Waals surface area contributed by atoms with E-state index in [1.807, 2.05) is 36.5 Å². The number of unbranched alkanes of at least 4 members (excludes halogenated alkanes) is 17. The van der Waals surface area contributed by atoms with Crippen LogP contribution in [0.2, 0.25) is 0 Å². The van der Waals surface area contributed by atoms with Crippen molar-refractivity contribution in [1.29, 1.82) is 0 Å². The number of phosphoric ester groups is 1. The Morgan fingerprint density at radius 3 is 1.80 bits per heavy atom. The van der Waals surface area contributed by atoms with Gasteiger partial charge in [0, 0.05) is 19.4 Å². The van der Waals surface area contributed by atoms with Crippen LogP contribution in [0.5, 0.6) is 0 Å². The third kappa shape index (κ3) is 38.5. The second-order valence-electron chi connectivity index (χ2n) is 14.1. The molecule has 0 spiro atoms. The van der Waals surface area contributed by atoms with Crippen molar-refractivity contribution in [1.82, 2.24) is 0 Å². The number of allylic oxidation sites excluding steroid dienone is 7. The van der Waals surface area contributed by atoms with Gasteiger partial charge in [0.05, 0.1) is 13.2 Å². The summed E-state index contributed by atoms with van der Waals surface area (Å²) in [6.45, 7) is 3.50. The van der Waals surface area contributed by atoms with Gasteiger partial charge in [0.25, 0.3) is 0 Å². The molecule has 0 rings (SSSR count). The van der Waals surface area contributed by atoms with Gasteiger partial charge in [-0.25, -0.2) is 9.45 Å². The fourth-order valence-corrected chi connectivity index (χ4v) is 6.46. The zero-order chi connectivity index (χ0) is 40.5. The van der Waals surface area contributed by atoms with Crippen LogP contribution in [0.25, 0.3) is 0 Å². The van der Waals surface area contributed by atoms with Gasteiger partial charge in [-0.05, 0) is 38.5 Å². The normalized spacial score (nSPS) is 14.3. The largest absolute Gasteiger partial charge is 0.472 e. The first kappa shape index (κ1) is 52.9. The van der Waals surface area contributed by atoms with Gasteiger partial charge >= 0.3 is 19.8 Å². The summed E-state index contributed by atoms with van der Waals surface area (Å²) < 4.78 is 32.7. The van der Waals surface area contributed by atoms with Gasteiger partial charge in [0.1, 0.15) is 12.7 Å². The Morgan fingerprint density at radius 2 is 1.20 bits per heavy atom. The number of ether oxygens (including phenoxy) is 2. The van der Waals surface area contributed by atoms with Crippen LogP contribution < -0.4 is 5.73 Å². The lowest BCUT2D eigenvalue weighted by Gasteiger charge is -2.19. The number of phosphoric acid groups is 1. The Hall–Kier alpha value is -2.11. The van der Waals surface area contributed by atoms with E-state index in [2.05, 4.69) is 30.9 Å². The van der Waals surface area contributed by atoms with E-state index < -0.39 is 32.5 Å². The van der Waals surface area contributed by atoms with E-state index in [0.717, 1.165) is 57.8 Å². The molecule has 0 aliphatic rings. The summed E-state index contributed by atoms with van der Waals surface area (Å²) >= 11 is 0. The average Bonchev–Trinajstić information content (AvgIpc) is 3.17. The van der Waals surface area contributed by atoms with E-state index in [0.29, 0.717) is 12.8 Å². The van der Waals surface area contributed by atoms with E-state index in [-0.39, 0.29) is 38.7 Å². The molecule has 3 unspecified atom stereocenters. The van der Waals surface area contributed by atoms with Crippen molar-refractivity contribution >= 4 is 19.8 Å². The fraction of sp³-hybridized carbons (Fsp3) is 0.767. The molecule has 0 bridgehead atoms. The van der Waals surface area contributed by atoms with Gasteiger partial charge in [-0.2, -0.15) is 0 Å². The molecule has 0 aromatic rings. The quantitative estimate of drug-likeness (QED) is 0.0103. The minimum atomic E-state index is -4.41. The second-order valence-corrected chi connectivity index (χ2v) is 15.6. The van der Waals surface area contributed by atoms with Gasteiger partial charge in [0.2, 0.25) is 0 Å². The Morgan fingerprint density at radius 1 is 0.655 bits per heavy atom. The molecule has 0 aliphatic heterocycles. The molecule has 11 nitrogen and oxygen atoms in total. The molecule has 0 radical (unpaired) electrons. The SMILES string of the molecule is CCCCCCCCCCCCCCCCCC(=O)OCC(COP(=O)(O)OCCN)OC(=O)CCCC=CCC=CCC=CC=CC(CCCCC)OO. The molecule has 0 aromatic carbocycles. The zero-order valence-electron chi connectivity index (χ0n) is 34.5. The lowest BCUT2D eigenvalue weighted by atomic mass is 10.0. The van der Waals surface area contributed by atoms with Crippen LogP contribution in [0.1, 0.15) is 174 Å². The molecule has 0 amide bonds. The lowest BCUT2D eigenvalue weighted by Crippen LogP contribution is -2.29. The summed E-state index contributed by atoms with van der Waals surface area (Å²) in [4.78, 5) is 39.3. The third-order valence-corrected chi connectivity index (χ3v) is 9.92. The molecule has 3 atom stereocenters. The monoisotopic (exact) mass is 800 g/mol. The first-order valence-electron chi connectivity index (χ1n) is 21.4. The highest BCUT2D eigenvalue weighted by molar-refractivity contribution is 7.47. The Kier molecular flexibility index (Phi) is 38.6. The summed E-state index contributed by atoms with van der Waals surface area (Å²) in [7, 11) is -4.41. The molecule has 0 aliphatic carbocycles. The maximum Gasteiger partial charge on any atom is 0.472 e. The van der Waals surface area contributed by atoms with E-state index >= 15 is 0 Å². The van der Waals surface area contributed by atoms with Crippen LogP contribution in [0.4, 0.5) is 0 Å². The number of hydrogen-bond acceptors (Lipinski definition) is 10. The van der Waals surface area contributed by atoms with Crippen molar-refractivity contribution in [2.24, 2.45) is 5.73 Å². The van der Waals surface area contributed by atoms with Crippen LogP contribution in [0.15, 0.2) is 48.6 Å².